The first-order chi connectivity index (χ1) is 15.5. The van der Waals surface area contributed by atoms with Crippen LogP contribution in [0.4, 0.5) is 0 Å². The van der Waals surface area contributed by atoms with E-state index < -0.39 is 23.7 Å². The van der Waals surface area contributed by atoms with Crippen molar-refractivity contribution in [3.63, 3.8) is 0 Å². The molecule has 0 saturated carbocycles. The summed E-state index contributed by atoms with van der Waals surface area (Å²) >= 11 is 6.07. The van der Waals surface area contributed by atoms with Gasteiger partial charge in [-0.2, -0.15) is 0 Å². The second-order valence-corrected chi connectivity index (χ2v) is 7.83. The van der Waals surface area contributed by atoms with Gasteiger partial charge in [0.15, 0.2) is 0 Å². The van der Waals surface area contributed by atoms with Crippen molar-refractivity contribution in [2.45, 2.75) is 12.1 Å². The van der Waals surface area contributed by atoms with E-state index in [2.05, 4.69) is 15.8 Å². The summed E-state index contributed by atoms with van der Waals surface area (Å²) in [5.74, 6) is -0.556. The molecule has 0 spiro atoms. The SMILES string of the molecule is COC(=O)C1=N[C@H](c2ccc(Cl)cc2)[C@@H](c2cc(=O)oc3c2ccc2ccccc23)NN1. The van der Waals surface area contributed by atoms with Crippen LogP contribution < -0.4 is 16.5 Å². The Labute approximate surface area is 187 Å². The molecule has 3 aromatic carbocycles. The Bertz CT molecular complexity index is 1430. The molecule has 0 saturated heterocycles. The standard InChI is InChI=1S/C24H18ClN3O4/c1-31-24(30)23-26-20(14-6-9-15(25)10-7-14)21(27-28-23)18-12-19(29)32-22-16-5-3-2-4-13(16)8-11-17(18)22/h2-12,20-21,27H,1H3,(H,26,28)/t20-,21-/m1/s1. The number of hydrazine groups is 1. The van der Waals surface area contributed by atoms with Gasteiger partial charge in [0, 0.05) is 21.9 Å². The van der Waals surface area contributed by atoms with Gasteiger partial charge in [-0.1, -0.05) is 60.1 Å². The zero-order chi connectivity index (χ0) is 22.2. The molecule has 2 atom stereocenters. The highest BCUT2D eigenvalue weighted by atomic mass is 35.5. The highest BCUT2D eigenvalue weighted by Gasteiger charge is 2.33. The van der Waals surface area contributed by atoms with Crippen molar-refractivity contribution in [2.24, 2.45) is 4.99 Å². The first kappa shape index (κ1) is 20.2. The molecule has 8 heteroatoms. The number of nitrogens with zero attached hydrogens (tertiary/aromatic N) is 1. The molecule has 1 aromatic heterocycles. The maximum absolute atomic E-state index is 12.6. The average molecular weight is 448 g/mol. The molecule has 0 aliphatic carbocycles. The fourth-order valence-corrected chi connectivity index (χ4v) is 4.14. The van der Waals surface area contributed by atoms with Crippen LogP contribution in [0.25, 0.3) is 21.7 Å². The number of carbonyl (C=O) groups excluding carboxylic acids is 1. The van der Waals surface area contributed by atoms with E-state index in [4.69, 9.17) is 20.8 Å². The van der Waals surface area contributed by atoms with Crippen molar-refractivity contribution in [3.8, 4) is 0 Å². The van der Waals surface area contributed by atoms with Crippen LogP contribution in [-0.2, 0) is 9.53 Å². The van der Waals surface area contributed by atoms with Crippen molar-refractivity contribution < 1.29 is 13.9 Å². The van der Waals surface area contributed by atoms with Gasteiger partial charge in [0.1, 0.15) is 5.58 Å². The third-order valence-electron chi connectivity index (χ3n) is 5.52. The molecule has 2 N–H and O–H groups in total. The van der Waals surface area contributed by atoms with E-state index in [1.807, 2.05) is 48.5 Å². The maximum Gasteiger partial charge on any atom is 0.374 e. The van der Waals surface area contributed by atoms with Gasteiger partial charge in [0.05, 0.1) is 19.2 Å². The van der Waals surface area contributed by atoms with Crippen LogP contribution in [-0.4, -0.2) is 18.9 Å². The zero-order valence-electron chi connectivity index (χ0n) is 17.0. The summed E-state index contributed by atoms with van der Waals surface area (Å²) < 4.78 is 10.4. The molecule has 0 fully saturated rings. The van der Waals surface area contributed by atoms with Gasteiger partial charge in [-0.3, -0.25) is 10.4 Å². The van der Waals surface area contributed by atoms with E-state index >= 15 is 0 Å². The van der Waals surface area contributed by atoms with E-state index in [1.54, 1.807) is 12.1 Å². The smallest absolute Gasteiger partial charge is 0.374 e. The maximum atomic E-state index is 12.6. The third-order valence-corrected chi connectivity index (χ3v) is 5.77. The fourth-order valence-electron chi connectivity index (χ4n) is 4.02. The molecule has 5 rings (SSSR count). The van der Waals surface area contributed by atoms with Crippen molar-refractivity contribution in [1.29, 1.82) is 0 Å². The molecule has 1 aliphatic heterocycles. The number of hydrogen-bond acceptors (Lipinski definition) is 7. The van der Waals surface area contributed by atoms with Gasteiger partial charge in [0.2, 0.25) is 5.84 Å². The monoisotopic (exact) mass is 447 g/mol. The molecule has 0 radical (unpaired) electrons. The summed E-state index contributed by atoms with van der Waals surface area (Å²) in [5, 5.41) is 3.17. The Morgan fingerprint density at radius 3 is 2.62 bits per heavy atom. The summed E-state index contributed by atoms with van der Waals surface area (Å²) in [5.41, 5.74) is 7.50. The summed E-state index contributed by atoms with van der Waals surface area (Å²) in [4.78, 5) is 29.3. The summed E-state index contributed by atoms with van der Waals surface area (Å²) in [6.45, 7) is 0. The summed E-state index contributed by atoms with van der Waals surface area (Å²) in [7, 11) is 1.29. The van der Waals surface area contributed by atoms with Crippen molar-refractivity contribution in [3.05, 3.63) is 93.3 Å². The Hall–Kier alpha value is -3.68. The molecule has 160 valence electrons. The summed E-state index contributed by atoms with van der Waals surface area (Å²) in [6, 6.07) is 19.3. The lowest BCUT2D eigenvalue weighted by atomic mass is 9.91. The van der Waals surface area contributed by atoms with Crippen LogP contribution in [0.3, 0.4) is 0 Å². The van der Waals surface area contributed by atoms with Crippen LogP contribution in [0.15, 0.2) is 80.9 Å². The van der Waals surface area contributed by atoms with Crippen molar-refractivity contribution in [1.82, 2.24) is 10.9 Å². The Kier molecular flexibility index (Phi) is 5.13. The molecular formula is C24H18ClN3O4. The Morgan fingerprint density at radius 1 is 1.06 bits per heavy atom. The van der Waals surface area contributed by atoms with Crippen molar-refractivity contribution in [2.75, 3.05) is 7.11 Å². The minimum atomic E-state index is -0.599. The molecule has 1 aliphatic rings. The van der Waals surface area contributed by atoms with Crippen LogP contribution >= 0.6 is 11.6 Å². The third kappa shape index (κ3) is 3.51. The number of fused-ring (bicyclic) bond motifs is 3. The molecular weight excluding hydrogens is 430 g/mol. The van der Waals surface area contributed by atoms with E-state index in [0.29, 0.717) is 16.2 Å². The van der Waals surface area contributed by atoms with Gasteiger partial charge in [0.25, 0.3) is 0 Å². The number of methoxy groups -OCH3 is 1. The van der Waals surface area contributed by atoms with E-state index in [0.717, 1.165) is 21.7 Å². The predicted molar refractivity (Wildman–Crippen MR) is 123 cm³/mol. The van der Waals surface area contributed by atoms with Crippen LogP contribution in [0, 0.1) is 0 Å². The molecule has 0 bridgehead atoms. The molecule has 7 nitrogen and oxygen atoms in total. The minimum Gasteiger partial charge on any atom is -0.463 e. The quantitative estimate of drug-likeness (QED) is 0.279. The number of ether oxygens (including phenoxy) is 1. The number of benzene rings is 3. The van der Waals surface area contributed by atoms with Gasteiger partial charge < -0.3 is 9.15 Å². The predicted octanol–water partition coefficient (Wildman–Crippen LogP) is 4.06. The number of nitrogens with one attached hydrogen (secondary N) is 2. The van der Waals surface area contributed by atoms with Gasteiger partial charge >= 0.3 is 11.6 Å². The Balaban J connectivity index is 1.72. The van der Waals surface area contributed by atoms with E-state index in [1.165, 1.54) is 13.2 Å². The average Bonchev–Trinajstić information content (AvgIpc) is 2.83. The second-order valence-electron chi connectivity index (χ2n) is 7.40. The van der Waals surface area contributed by atoms with Crippen molar-refractivity contribution >= 4 is 45.1 Å². The number of amidine groups is 1. The normalized spacial score (nSPS) is 18.2. The minimum absolute atomic E-state index is 0.0430. The lowest BCUT2D eigenvalue weighted by molar-refractivity contribution is -0.133. The largest absolute Gasteiger partial charge is 0.463 e. The van der Waals surface area contributed by atoms with Gasteiger partial charge in [-0.25, -0.2) is 15.0 Å². The van der Waals surface area contributed by atoms with Crippen LogP contribution in [0.5, 0.6) is 0 Å². The first-order valence-corrected chi connectivity index (χ1v) is 10.3. The number of halogens is 1. The number of aliphatic imine (C=N–C) groups is 1. The van der Waals surface area contributed by atoms with Gasteiger partial charge in [-0.05, 0) is 28.6 Å². The zero-order valence-corrected chi connectivity index (χ0v) is 17.7. The number of rotatable bonds is 3. The lowest BCUT2D eigenvalue weighted by Crippen LogP contribution is -2.49. The second kappa shape index (κ2) is 8.11. The topological polar surface area (TPSA) is 92.9 Å². The highest BCUT2D eigenvalue weighted by molar-refractivity contribution is 6.35. The number of esters is 1. The molecule has 4 aromatic rings. The molecule has 0 amide bonds. The van der Waals surface area contributed by atoms with Gasteiger partial charge in [-0.15, -0.1) is 0 Å². The Morgan fingerprint density at radius 2 is 1.84 bits per heavy atom. The van der Waals surface area contributed by atoms with E-state index in [-0.39, 0.29) is 5.84 Å². The number of hydrogen-bond donors (Lipinski definition) is 2. The molecule has 2 heterocycles. The molecule has 0 unspecified atom stereocenters. The fraction of sp³-hybridized carbons (Fsp3) is 0.125. The number of carbonyl (C=O) groups is 1. The van der Waals surface area contributed by atoms with Crippen LogP contribution in [0.2, 0.25) is 5.02 Å². The van der Waals surface area contributed by atoms with Crippen LogP contribution in [0.1, 0.15) is 23.2 Å². The first-order valence-electron chi connectivity index (χ1n) is 9.94. The van der Waals surface area contributed by atoms with E-state index in [9.17, 15) is 9.59 Å². The lowest BCUT2D eigenvalue weighted by Gasteiger charge is -2.32. The highest BCUT2D eigenvalue weighted by Crippen LogP contribution is 2.38. The molecule has 32 heavy (non-hydrogen) atoms. The summed E-state index contributed by atoms with van der Waals surface area (Å²) in [6.07, 6.45) is 0.